The molecular weight excluding hydrogens is 314 g/mol. The van der Waals surface area contributed by atoms with Crippen molar-refractivity contribution in [1.82, 2.24) is 14.6 Å². The second-order valence-corrected chi connectivity index (χ2v) is 7.76. The topological polar surface area (TPSA) is 99.6 Å². The van der Waals surface area contributed by atoms with Gasteiger partial charge in [0.15, 0.2) is 9.90 Å². The normalized spacial score (nSPS) is 17.0. The Kier molecular flexibility index (Phi) is 5.68. The lowest BCUT2D eigenvalue weighted by atomic mass is 10.1. The third-order valence-electron chi connectivity index (χ3n) is 3.37. The molecule has 0 aliphatic carbocycles. The van der Waals surface area contributed by atoms with Gasteiger partial charge in [-0.1, -0.05) is 6.42 Å². The molecule has 2 rings (SSSR count). The number of rotatable bonds is 7. The molecule has 2 heterocycles. The minimum Gasteiger partial charge on any atom is -0.476 e. The highest BCUT2D eigenvalue weighted by Crippen LogP contribution is 2.19. The van der Waals surface area contributed by atoms with Crippen LogP contribution in [0.4, 0.5) is 0 Å². The fourth-order valence-electron chi connectivity index (χ4n) is 2.33. The maximum absolute atomic E-state index is 12.1. The third kappa shape index (κ3) is 4.47. The average Bonchev–Trinajstić information content (AvgIpc) is 2.95. The fourth-order valence-corrected chi connectivity index (χ4v) is 4.58. The zero-order valence-corrected chi connectivity index (χ0v) is 13.3. The number of hydrogen-bond acceptors (Lipinski definition) is 6. The Balaban J connectivity index is 1.83. The van der Waals surface area contributed by atoms with E-state index in [0.717, 1.165) is 31.0 Å². The summed E-state index contributed by atoms with van der Waals surface area (Å²) in [6.07, 6.45) is 4.38. The highest BCUT2D eigenvalue weighted by molar-refractivity contribution is 7.91. The van der Waals surface area contributed by atoms with Gasteiger partial charge in [0.2, 0.25) is 0 Å². The summed E-state index contributed by atoms with van der Waals surface area (Å²) in [6.45, 7) is 3.31. The van der Waals surface area contributed by atoms with Gasteiger partial charge < -0.3 is 10.0 Å². The van der Waals surface area contributed by atoms with Crippen molar-refractivity contribution < 1.29 is 18.3 Å². The lowest BCUT2D eigenvalue weighted by Gasteiger charge is -2.26. The number of aromatic carboxylic acids is 1. The van der Waals surface area contributed by atoms with Gasteiger partial charge in [-0.25, -0.2) is 22.9 Å². The molecule has 0 bridgehead atoms. The average molecular weight is 333 g/mol. The molecule has 1 aliphatic rings. The van der Waals surface area contributed by atoms with E-state index in [1.165, 1.54) is 24.8 Å². The standard InChI is InChI=1S/C12H19N3O4S2/c16-11(17)10-12(20-9-13-10)21(18,19)14-5-4-8-15-6-2-1-3-7-15/h9,14H,1-8H2,(H,16,17). The summed E-state index contributed by atoms with van der Waals surface area (Å²) in [5.74, 6) is -1.33. The third-order valence-corrected chi connectivity index (χ3v) is 6.20. The number of carbonyl (C=O) groups is 1. The number of thiazole rings is 1. The van der Waals surface area contributed by atoms with E-state index in [1.54, 1.807) is 0 Å². The van der Waals surface area contributed by atoms with Crippen molar-refractivity contribution in [2.75, 3.05) is 26.2 Å². The monoisotopic (exact) mass is 333 g/mol. The van der Waals surface area contributed by atoms with E-state index >= 15 is 0 Å². The smallest absolute Gasteiger partial charge is 0.356 e. The van der Waals surface area contributed by atoms with Crippen LogP contribution in [0.5, 0.6) is 0 Å². The zero-order valence-electron chi connectivity index (χ0n) is 11.6. The van der Waals surface area contributed by atoms with Crippen LogP contribution in [0.1, 0.15) is 36.2 Å². The molecule has 0 radical (unpaired) electrons. The van der Waals surface area contributed by atoms with E-state index in [2.05, 4.69) is 14.6 Å². The minimum absolute atomic E-state index is 0.229. The Morgan fingerprint density at radius 1 is 1.38 bits per heavy atom. The van der Waals surface area contributed by atoms with Gasteiger partial charge in [0.25, 0.3) is 10.0 Å². The molecule has 21 heavy (non-hydrogen) atoms. The van der Waals surface area contributed by atoms with Crippen LogP contribution in [0.25, 0.3) is 0 Å². The van der Waals surface area contributed by atoms with E-state index in [0.29, 0.717) is 13.0 Å². The maximum atomic E-state index is 12.1. The maximum Gasteiger partial charge on any atom is 0.356 e. The Labute approximate surface area is 128 Å². The van der Waals surface area contributed by atoms with Gasteiger partial charge >= 0.3 is 5.97 Å². The van der Waals surface area contributed by atoms with Gasteiger partial charge in [-0.05, 0) is 38.9 Å². The highest BCUT2D eigenvalue weighted by Gasteiger charge is 2.25. The Hall–Kier alpha value is -1.03. The number of hydrogen-bond donors (Lipinski definition) is 2. The molecule has 9 heteroatoms. The number of sulfonamides is 1. The lowest BCUT2D eigenvalue weighted by molar-refractivity contribution is 0.0687. The van der Waals surface area contributed by atoms with Gasteiger partial charge in [-0.2, -0.15) is 0 Å². The molecule has 1 fully saturated rings. The SMILES string of the molecule is O=C(O)c1ncsc1S(=O)(=O)NCCCN1CCCCC1. The molecule has 0 saturated carbocycles. The summed E-state index contributed by atoms with van der Waals surface area (Å²) in [7, 11) is -3.79. The van der Waals surface area contributed by atoms with E-state index in [4.69, 9.17) is 5.11 Å². The number of carboxylic acid groups (broad SMARTS) is 1. The van der Waals surface area contributed by atoms with Crippen molar-refractivity contribution in [2.24, 2.45) is 0 Å². The number of nitrogens with one attached hydrogen (secondary N) is 1. The van der Waals surface area contributed by atoms with Gasteiger partial charge in [0.1, 0.15) is 0 Å². The Morgan fingerprint density at radius 3 is 2.76 bits per heavy atom. The highest BCUT2D eigenvalue weighted by atomic mass is 32.2. The van der Waals surface area contributed by atoms with E-state index in [1.807, 2.05) is 0 Å². The van der Waals surface area contributed by atoms with Crippen molar-refractivity contribution in [3.05, 3.63) is 11.2 Å². The van der Waals surface area contributed by atoms with Crippen LogP contribution in [-0.2, 0) is 10.0 Å². The van der Waals surface area contributed by atoms with Crippen molar-refractivity contribution in [3.63, 3.8) is 0 Å². The van der Waals surface area contributed by atoms with Crippen LogP contribution in [0.3, 0.4) is 0 Å². The second kappa shape index (κ2) is 7.30. The molecule has 0 unspecified atom stereocenters. The number of aromatic nitrogens is 1. The first-order valence-electron chi connectivity index (χ1n) is 6.89. The van der Waals surface area contributed by atoms with E-state index in [-0.39, 0.29) is 4.21 Å². The largest absolute Gasteiger partial charge is 0.476 e. The molecule has 1 aliphatic heterocycles. The molecule has 1 aromatic heterocycles. The lowest BCUT2D eigenvalue weighted by Crippen LogP contribution is -2.33. The van der Waals surface area contributed by atoms with Crippen LogP contribution in [0.15, 0.2) is 9.72 Å². The number of nitrogens with zero attached hydrogens (tertiary/aromatic N) is 2. The quantitative estimate of drug-likeness (QED) is 0.722. The summed E-state index contributed by atoms with van der Waals surface area (Å²) >= 11 is 0.818. The van der Waals surface area contributed by atoms with Gasteiger partial charge in [0.05, 0.1) is 5.51 Å². The first kappa shape index (κ1) is 16.3. The summed E-state index contributed by atoms with van der Waals surface area (Å²) in [5, 5.41) is 8.90. The van der Waals surface area contributed by atoms with Crippen LogP contribution in [0.2, 0.25) is 0 Å². The van der Waals surface area contributed by atoms with Crippen LogP contribution in [0, 0.1) is 0 Å². The number of piperidine rings is 1. The summed E-state index contributed by atoms with van der Waals surface area (Å²) in [4.78, 5) is 16.8. The summed E-state index contributed by atoms with van der Waals surface area (Å²) in [5.41, 5.74) is 0.815. The number of likely N-dealkylation sites (tertiary alicyclic amines) is 1. The van der Waals surface area contributed by atoms with Crippen molar-refractivity contribution in [1.29, 1.82) is 0 Å². The molecule has 0 atom stereocenters. The fraction of sp³-hybridized carbons (Fsp3) is 0.667. The van der Waals surface area contributed by atoms with Crippen LogP contribution >= 0.6 is 11.3 Å². The Bertz CT molecular complexity index is 579. The first-order chi connectivity index (χ1) is 10.0. The van der Waals surface area contributed by atoms with Crippen molar-refractivity contribution >= 4 is 27.3 Å². The number of carboxylic acids is 1. The predicted octanol–water partition coefficient (Wildman–Crippen LogP) is 0.996. The molecule has 1 saturated heterocycles. The summed E-state index contributed by atoms with van der Waals surface area (Å²) < 4.78 is 26.3. The second-order valence-electron chi connectivity index (χ2n) is 4.95. The minimum atomic E-state index is -3.79. The van der Waals surface area contributed by atoms with Gasteiger partial charge in [0, 0.05) is 6.54 Å². The van der Waals surface area contributed by atoms with E-state index in [9.17, 15) is 13.2 Å². The Morgan fingerprint density at radius 2 is 2.10 bits per heavy atom. The van der Waals surface area contributed by atoms with Crippen LogP contribution in [-0.4, -0.2) is 55.6 Å². The van der Waals surface area contributed by atoms with Gasteiger partial charge in [-0.15, -0.1) is 11.3 Å². The molecule has 0 spiro atoms. The van der Waals surface area contributed by atoms with Crippen LogP contribution < -0.4 is 4.72 Å². The molecular formula is C12H19N3O4S2. The first-order valence-corrected chi connectivity index (χ1v) is 9.26. The molecule has 118 valence electrons. The van der Waals surface area contributed by atoms with Crippen molar-refractivity contribution in [3.8, 4) is 0 Å². The predicted molar refractivity (Wildman–Crippen MR) is 79.2 cm³/mol. The molecule has 7 nitrogen and oxygen atoms in total. The molecule has 1 aromatic rings. The summed E-state index contributed by atoms with van der Waals surface area (Å²) in [6, 6.07) is 0. The van der Waals surface area contributed by atoms with E-state index < -0.39 is 21.7 Å². The van der Waals surface area contributed by atoms with Crippen molar-refractivity contribution in [2.45, 2.75) is 29.9 Å². The molecule has 2 N–H and O–H groups in total. The molecule has 0 aromatic carbocycles. The zero-order chi connectivity index (χ0) is 15.3. The molecule has 0 amide bonds. The van der Waals surface area contributed by atoms with Gasteiger partial charge in [-0.3, -0.25) is 0 Å².